The Morgan fingerprint density at radius 3 is 2.74 bits per heavy atom. The van der Waals surface area contributed by atoms with E-state index < -0.39 is 5.60 Å². The minimum atomic E-state index is -0.751. The molecule has 1 aromatic carbocycles. The first-order valence-corrected chi connectivity index (χ1v) is 8.72. The van der Waals surface area contributed by atoms with Gasteiger partial charge in [-0.15, -0.1) is 0 Å². The number of nitrogens with zero attached hydrogens (tertiary/aromatic N) is 1. The van der Waals surface area contributed by atoms with Gasteiger partial charge in [-0.25, -0.2) is 4.89 Å². The summed E-state index contributed by atoms with van der Waals surface area (Å²) in [5.41, 5.74) is 4.41. The Morgan fingerprint density at radius 1 is 1.22 bits per heavy atom. The van der Waals surface area contributed by atoms with Crippen LogP contribution in [-0.4, -0.2) is 18.1 Å². The smallest absolute Gasteiger partial charge is 0.169 e. The molecule has 2 aliphatic carbocycles. The van der Waals surface area contributed by atoms with Crippen molar-refractivity contribution in [2.24, 2.45) is 16.8 Å². The third kappa shape index (κ3) is 1.94. The molecule has 0 aromatic heterocycles. The molecule has 3 atom stereocenters. The number of fused-ring (bicyclic) bond motifs is 5. The van der Waals surface area contributed by atoms with Crippen LogP contribution in [0.5, 0.6) is 5.75 Å². The van der Waals surface area contributed by atoms with E-state index in [1.807, 2.05) is 6.92 Å². The summed E-state index contributed by atoms with van der Waals surface area (Å²) in [7, 11) is 1.70. The maximum Gasteiger partial charge on any atom is 0.169 e. The van der Waals surface area contributed by atoms with E-state index in [2.05, 4.69) is 13.0 Å². The molecule has 1 N–H and O–H groups in total. The molecule has 2 fully saturated rings. The summed E-state index contributed by atoms with van der Waals surface area (Å²) in [4.78, 5) is 10.2. The molecule has 0 bridgehead atoms. The van der Waals surface area contributed by atoms with Crippen LogP contribution in [0.4, 0.5) is 5.69 Å². The molecule has 1 unspecified atom stereocenters. The van der Waals surface area contributed by atoms with Gasteiger partial charge in [0.1, 0.15) is 5.75 Å². The van der Waals surface area contributed by atoms with Gasteiger partial charge in [-0.3, -0.25) is 10.2 Å². The maximum absolute atomic E-state index is 9.92. The van der Waals surface area contributed by atoms with E-state index in [9.17, 15) is 5.26 Å². The van der Waals surface area contributed by atoms with Gasteiger partial charge in [0.2, 0.25) is 0 Å². The molecule has 124 valence electrons. The summed E-state index contributed by atoms with van der Waals surface area (Å²) in [5, 5.41) is 9.92. The van der Waals surface area contributed by atoms with E-state index in [0.717, 1.165) is 53.1 Å². The molecule has 1 aromatic rings. The topological polar surface area (TPSA) is 51.0 Å². The summed E-state index contributed by atoms with van der Waals surface area (Å²) in [6, 6.07) is 2.07. The number of hydrogen-bond donors (Lipinski definition) is 1. The predicted molar refractivity (Wildman–Crippen MR) is 89.6 cm³/mol. The van der Waals surface area contributed by atoms with Gasteiger partial charge in [-0.05, 0) is 57.1 Å². The zero-order chi connectivity index (χ0) is 16.2. The minimum absolute atomic E-state index is 0.447. The van der Waals surface area contributed by atoms with Crippen LogP contribution >= 0.6 is 0 Å². The van der Waals surface area contributed by atoms with Crippen LogP contribution in [0.3, 0.4) is 0 Å². The number of hydrogen-bond acceptors (Lipinski definition) is 4. The lowest BCUT2D eigenvalue weighted by atomic mass is 9.63. The van der Waals surface area contributed by atoms with E-state index in [1.54, 1.807) is 7.11 Å². The number of rotatable bonds is 2. The van der Waals surface area contributed by atoms with Crippen molar-refractivity contribution in [1.29, 1.82) is 0 Å². The lowest BCUT2D eigenvalue weighted by Gasteiger charge is -2.44. The zero-order valence-corrected chi connectivity index (χ0v) is 14.2. The summed E-state index contributed by atoms with van der Waals surface area (Å²) >= 11 is 0. The predicted octanol–water partition coefficient (Wildman–Crippen LogP) is 4.68. The van der Waals surface area contributed by atoms with Gasteiger partial charge in [-0.1, -0.05) is 12.8 Å². The van der Waals surface area contributed by atoms with Crippen molar-refractivity contribution in [2.45, 2.75) is 58.0 Å². The molecule has 2 saturated carbocycles. The molecular weight excluding hydrogens is 290 g/mol. The second-order valence-electron chi connectivity index (χ2n) is 7.35. The molecule has 0 radical (unpaired) electrons. The van der Waals surface area contributed by atoms with Gasteiger partial charge in [0.15, 0.2) is 5.60 Å². The fraction of sp³-hybridized carbons (Fsp3) is 0.632. The fourth-order valence-electron chi connectivity index (χ4n) is 5.28. The van der Waals surface area contributed by atoms with Crippen molar-refractivity contribution < 1.29 is 14.9 Å². The number of benzene rings is 1. The first kappa shape index (κ1) is 15.2. The van der Waals surface area contributed by atoms with Gasteiger partial charge in [0.05, 0.1) is 18.5 Å². The van der Waals surface area contributed by atoms with E-state index in [0.29, 0.717) is 11.8 Å². The second kappa shape index (κ2) is 5.32. The van der Waals surface area contributed by atoms with E-state index in [4.69, 9.17) is 14.6 Å². The highest BCUT2D eigenvalue weighted by Crippen LogP contribution is 2.56. The summed E-state index contributed by atoms with van der Waals surface area (Å²) in [6.07, 6.45) is 6.92. The molecule has 1 aliphatic heterocycles. The van der Waals surface area contributed by atoms with Crippen LogP contribution in [0.2, 0.25) is 0 Å². The van der Waals surface area contributed by atoms with Crippen molar-refractivity contribution in [3.05, 3.63) is 22.8 Å². The van der Waals surface area contributed by atoms with Crippen LogP contribution in [0, 0.1) is 25.7 Å². The molecule has 3 aliphatic rings. The monoisotopic (exact) mass is 315 g/mol. The first-order valence-electron chi connectivity index (χ1n) is 8.72. The Kier molecular flexibility index (Phi) is 3.50. The van der Waals surface area contributed by atoms with Crippen molar-refractivity contribution in [3.63, 3.8) is 0 Å². The highest BCUT2D eigenvalue weighted by Gasteiger charge is 2.54. The van der Waals surface area contributed by atoms with Crippen LogP contribution in [0.25, 0.3) is 0 Å². The van der Waals surface area contributed by atoms with Gasteiger partial charge in [0.25, 0.3) is 0 Å². The third-order valence-corrected chi connectivity index (χ3v) is 6.23. The highest BCUT2D eigenvalue weighted by molar-refractivity contribution is 6.03. The van der Waals surface area contributed by atoms with Crippen molar-refractivity contribution in [2.75, 3.05) is 7.11 Å². The molecule has 4 heteroatoms. The highest BCUT2D eigenvalue weighted by atomic mass is 17.1. The standard InChI is InChI=1S/C19H25NO3/c1-11-10-15-16(12(2)17(11)22-3)19(23-21)9-8-13-6-4-5-7-14(13)18(19)20-15/h10,13-14,21H,4-9H2,1-3H3/t13-,14+,19?/m1/s1. The quantitative estimate of drug-likeness (QED) is 0.636. The molecule has 4 rings (SSSR count). The van der Waals surface area contributed by atoms with Gasteiger partial charge in [-0.2, -0.15) is 0 Å². The molecule has 23 heavy (non-hydrogen) atoms. The number of ether oxygens (including phenoxy) is 1. The largest absolute Gasteiger partial charge is 0.496 e. The first-order chi connectivity index (χ1) is 11.1. The van der Waals surface area contributed by atoms with Gasteiger partial charge in [0, 0.05) is 17.0 Å². The Morgan fingerprint density at radius 2 is 2.00 bits per heavy atom. The Hall–Kier alpha value is -1.39. The number of aliphatic imine (C=N–C) groups is 1. The van der Waals surface area contributed by atoms with Crippen molar-refractivity contribution in [1.82, 2.24) is 0 Å². The molecule has 0 saturated heterocycles. The lowest BCUT2D eigenvalue weighted by molar-refractivity contribution is -0.310. The van der Waals surface area contributed by atoms with Crippen LogP contribution in [0.15, 0.2) is 11.1 Å². The van der Waals surface area contributed by atoms with Crippen molar-refractivity contribution in [3.8, 4) is 5.75 Å². The zero-order valence-electron chi connectivity index (χ0n) is 14.2. The lowest BCUT2D eigenvalue weighted by Crippen LogP contribution is -2.47. The normalized spacial score (nSPS) is 31.9. The maximum atomic E-state index is 9.92. The molecule has 4 nitrogen and oxygen atoms in total. The SMILES string of the molecule is COc1c(C)cc2c(c1C)C1(OO)CC[C@H]3CCCC[C@@H]3C1=N2. The number of aryl methyl sites for hydroxylation is 1. The Labute approximate surface area is 137 Å². The van der Waals surface area contributed by atoms with Gasteiger partial charge < -0.3 is 4.74 Å². The average Bonchev–Trinajstić information content (AvgIpc) is 2.90. The van der Waals surface area contributed by atoms with Crippen LogP contribution < -0.4 is 4.74 Å². The van der Waals surface area contributed by atoms with E-state index in [1.165, 1.54) is 19.3 Å². The summed E-state index contributed by atoms with van der Waals surface area (Å²) < 4.78 is 5.59. The third-order valence-electron chi connectivity index (χ3n) is 6.23. The summed E-state index contributed by atoms with van der Waals surface area (Å²) in [5.74, 6) is 2.02. The minimum Gasteiger partial charge on any atom is -0.496 e. The molecular formula is C19H25NO3. The van der Waals surface area contributed by atoms with Crippen LogP contribution in [-0.2, 0) is 10.5 Å². The molecule has 1 heterocycles. The number of methoxy groups -OCH3 is 1. The summed E-state index contributed by atoms with van der Waals surface area (Å²) in [6.45, 7) is 4.10. The van der Waals surface area contributed by atoms with E-state index >= 15 is 0 Å². The average molecular weight is 315 g/mol. The Bertz CT molecular complexity index is 682. The molecule has 0 spiro atoms. The van der Waals surface area contributed by atoms with E-state index in [-0.39, 0.29) is 0 Å². The second-order valence-corrected chi connectivity index (χ2v) is 7.35. The van der Waals surface area contributed by atoms with Crippen LogP contribution in [0.1, 0.15) is 55.2 Å². The molecule has 0 amide bonds. The van der Waals surface area contributed by atoms with Crippen molar-refractivity contribution >= 4 is 11.4 Å². The van der Waals surface area contributed by atoms with Gasteiger partial charge >= 0.3 is 0 Å². The Balaban J connectivity index is 1.89. The fourth-order valence-corrected chi connectivity index (χ4v) is 5.28.